The van der Waals surface area contributed by atoms with Crippen LogP contribution < -0.4 is 10.6 Å². The van der Waals surface area contributed by atoms with Gasteiger partial charge in [-0.2, -0.15) is 0 Å². The zero-order valence-corrected chi connectivity index (χ0v) is 14.1. The van der Waals surface area contributed by atoms with Gasteiger partial charge in [0.15, 0.2) is 0 Å². The summed E-state index contributed by atoms with van der Waals surface area (Å²) in [6, 6.07) is 0. The molecule has 2 heterocycles. The monoisotopic (exact) mass is 292 g/mol. The number of aromatic nitrogens is 2. The fraction of sp³-hybridized carbons (Fsp3) is 0.750. The highest BCUT2D eigenvalue weighted by atomic mass is 16.5. The molecule has 0 saturated carbocycles. The van der Waals surface area contributed by atoms with Gasteiger partial charge in [0.25, 0.3) is 0 Å². The Morgan fingerprint density at radius 2 is 1.81 bits per heavy atom. The number of ether oxygens (including phenoxy) is 1. The van der Waals surface area contributed by atoms with Crippen LogP contribution in [0.25, 0.3) is 0 Å². The van der Waals surface area contributed by atoms with Crippen LogP contribution in [0.5, 0.6) is 0 Å². The molecule has 118 valence electrons. The highest BCUT2D eigenvalue weighted by Gasteiger charge is 2.39. The van der Waals surface area contributed by atoms with E-state index in [1.807, 2.05) is 6.20 Å². The first-order valence-electron chi connectivity index (χ1n) is 7.64. The fourth-order valence-corrected chi connectivity index (χ4v) is 3.08. The molecule has 0 amide bonds. The number of rotatable bonds is 3. The predicted octanol–water partition coefficient (Wildman–Crippen LogP) is 2.45. The Balaban J connectivity index is 2.36. The minimum Gasteiger partial charge on any atom is -0.366 e. The summed E-state index contributed by atoms with van der Waals surface area (Å²) in [5.74, 6) is 1.16. The molecule has 5 heteroatoms. The van der Waals surface area contributed by atoms with Gasteiger partial charge in [-0.1, -0.05) is 13.8 Å². The summed E-state index contributed by atoms with van der Waals surface area (Å²) >= 11 is 0. The van der Waals surface area contributed by atoms with Crippen molar-refractivity contribution in [1.29, 1.82) is 0 Å². The summed E-state index contributed by atoms with van der Waals surface area (Å²) in [5, 5.41) is 0. The molecule has 2 rings (SSSR count). The van der Waals surface area contributed by atoms with E-state index < -0.39 is 0 Å². The smallest absolute Gasteiger partial charge is 0.131 e. The Kier molecular flexibility index (Phi) is 4.26. The van der Waals surface area contributed by atoms with Crippen molar-refractivity contribution >= 4 is 5.69 Å². The zero-order chi connectivity index (χ0) is 15.8. The third kappa shape index (κ3) is 3.71. The van der Waals surface area contributed by atoms with Gasteiger partial charge in [-0.25, -0.2) is 9.97 Å². The van der Waals surface area contributed by atoms with Crippen molar-refractivity contribution in [3.8, 4) is 0 Å². The maximum Gasteiger partial charge on any atom is 0.131 e. The van der Waals surface area contributed by atoms with Crippen LogP contribution in [0.2, 0.25) is 0 Å². The van der Waals surface area contributed by atoms with Crippen molar-refractivity contribution in [3.63, 3.8) is 0 Å². The molecule has 2 N–H and O–H groups in total. The van der Waals surface area contributed by atoms with Gasteiger partial charge in [0.05, 0.1) is 28.8 Å². The molecule has 1 aromatic rings. The molecule has 0 aliphatic carbocycles. The van der Waals surface area contributed by atoms with Gasteiger partial charge in [-0.3, -0.25) is 0 Å². The van der Waals surface area contributed by atoms with Crippen LogP contribution in [0.1, 0.15) is 59.0 Å². The molecule has 0 bridgehead atoms. The zero-order valence-electron chi connectivity index (χ0n) is 14.1. The molecule has 1 aliphatic rings. The standard InChI is InChI=1S/C16H28N4O/c1-11(2)14-18-8-13(12(7-17)19-14)20-9-15(3,4)21-16(5,6)10-20/h8,11H,7,9-10,17H2,1-6H3. The maximum absolute atomic E-state index is 6.13. The van der Waals surface area contributed by atoms with Crippen LogP contribution in [-0.4, -0.2) is 34.3 Å². The van der Waals surface area contributed by atoms with E-state index in [1.165, 1.54) is 0 Å². The molecule has 1 aliphatic heterocycles. The van der Waals surface area contributed by atoms with Crippen LogP contribution >= 0.6 is 0 Å². The Hall–Kier alpha value is -1.20. The van der Waals surface area contributed by atoms with E-state index in [1.54, 1.807) is 0 Å². The summed E-state index contributed by atoms with van der Waals surface area (Å²) in [6.07, 6.45) is 1.92. The van der Waals surface area contributed by atoms with Crippen molar-refractivity contribution in [2.45, 2.75) is 65.2 Å². The van der Waals surface area contributed by atoms with Crippen LogP contribution in [0, 0.1) is 0 Å². The number of anilines is 1. The largest absolute Gasteiger partial charge is 0.366 e. The average molecular weight is 292 g/mol. The van der Waals surface area contributed by atoms with E-state index in [2.05, 4.69) is 56.4 Å². The summed E-state index contributed by atoms with van der Waals surface area (Å²) < 4.78 is 6.13. The number of hydrogen-bond acceptors (Lipinski definition) is 5. The first-order chi connectivity index (χ1) is 9.63. The summed E-state index contributed by atoms with van der Waals surface area (Å²) in [7, 11) is 0. The quantitative estimate of drug-likeness (QED) is 0.927. The minimum atomic E-state index is -0.204. The van der Waals surface area contributed by atoms with E-state index in [0.29, 0.717) is 12.5 Å². The number of nitrogens with two attached hydrogens (primary N) is 1. The first-order valence-corrected chi connectivity index (χ1v) is 7.64. The Labute approximate surface area is 127 Å². The van der Waals surface area contributed by atoms with Crippen LogP contribution in [0.15, 0.2) is 6.20 Å². The van der Waals surface area contributed by atoms with Gasteiger partial charge in [0.2, 0.25) is 0 Å². The molecule has 0 atom stereocenters. The first kappa shape index (κ1) is 16.2. The third-order valence-corrected chi connectivity index (χ3v) is 3.61. The van der Waals surface area contributed by atoms with Crippen molar-refractivity contribution in [2.75, 3.05) is 18.0 Å². The van der Waals surface area contributed by atoms with Gasteiger partial charge in [0, 0.05) is 25.6 Å². The van der Waals surface area contributed by atoms with Gasteiger partial charge < -0.3 is 15.4 Å². The molecule has 21 heavy (non-hydrogen) atoms. The van der Waals surface area contributed by atoms with Crippen LogP contribution in [0.3, 0.4) is 0 Å². The van der Waals surface area contributed by atoms with Crippen molar-refractivity contribution in [1.82, 2.24) is 9.97 Å². The van der Waals surface area contributed by atoms with Crippen molar-refractivity contribution in [2.24, 2.45) is 5.73 Å². The van der Waals surface area contributed by atoms with Gasteiger partial charge >= 0.3 is 0 Å². The molecular weight excluding hydrogens is 264 g/mol. The highest BCUT2D eigenvalue weighted by Crippen LogP contribution is 2.32. The normalized spacial score (nSPS) is 20.9. The van der Waals surface area contributed by atoms with Crippen LogP contribution in [0.4, 0.5) is 5.69 Å². The lowest BCUT2D eigenvalue weighted by Gasteiger charge is -2.48. The lowest BCUT2D eigenvalue weighted by Crippen LogP contribution is -2.57. The molecule has 0 radical (unpaired) electrons. The molecule has 0 unspecified atom stereocenters. The molecule has 0 spiro atoms. The van der Waals surface area contributed by atoms with E-state index in [-0.39, 0.29) is 11.2 Å². The second-order valence-corrected chi connectivity index (χ2v) is 7.40. The van der Waals surface area contributed by atoms with E-state index in [0.717, 1.165) is 30.3 Å². The molecule has 1 fully saturated rings. The fourth-order valence-electron chi connectivity index (χ4n) is 3.08. The average Bonchev–Trinajstić information content (AvgIpc) is 2.34. The topological polar surface area (TPSA) is 64.3 Å². The lowest BCUT2D eigenvalue weighted by molar-refractivity contribution is -0.133. The molecule has 0 aromatic carbocycles. The molecule has 1 saturated heterocycles. The van der Waals surface area contributed by atoms with Crippen molar-refractivity contribution in [3.05, 3.63) is 17.7 Å². The maximum atomic E-state index is 6.13. The highest BCUT2D eigenvalue weighted by molar-refractivity contribution is 5.50. The summed E-state index contributed by atoms with van der Waals surface area (Å²) in [4.78, 5) is 11.5. The second kappa shape index (κ2) is 5.54. The second-order valence-electron chi connectivity index (χ2n) is 7.40. The third-order valence-electron chi connectivity index (χ3n) is 3.61. The van der Waals surface area contributed by atoms with E-state index in [9.17, 15) is 0 Å². The number of hydrogen-bond donors (Lipinski definition) is 1. The van der Waals surface area contributed by atoms with Crippen LogP contribution in [-0.2, 0) is 11.3 Å². The number of nitrogens with zero attached hydrogens (tertiary/aromatic N) is 3. The summed E-state index contributed by atoms with van der Waals surface area (Å²) in [5.41, 5.74) is 7.46. The van der Waals surface area contributed by atoms with Gasteiger partial charge in [-0.15, -0.1) is 0 Å². The molecule has 1 aromatic heterocycles. The predicted molar refractivity (Wildman–Crippen MR) is 85.5 cm³/mol. The SMILES string of the molecule is CC(C)c1ncc(N2CC(C)(C)OC(C)(C)C2)c(CN)n1. The van der Waals surface area contributed by atoms with Gasteiger partial charge in [-0.05, 0) is 27.7 Å². The Morgan fingerprint density at radius 1 is 1.24 bits per heavy atom. The molecule has 5 nitrogen and oxygen atoms in total. The number of morpholine rings is 1. The lowest BCUT2D eigenvalue weighted by atomic mass is 9.98. The minimum absolute atomic E-state index is 0.204. The van der Waals surface area contributed by atoms with E-state index >= 15 is 0 Å². The summed E-state index contributed by atoms with van der Waals surface area (Å²) in [6.45, 7) is 14.7. The van der Waals surface area contributed by atoms with Gasteiger partial charge in [0.1, 0.15) is 5.82 Å². The Bertz CT molecular complexity index is 495. The molecular formula is C16H28N4O. The van der Waals surface area contributed by atoms with Crippen molar-refractivity contribution < 1.29 is 4.74 Å². The van der Waals surface area contributed by atoms with E-state index in [4.69, 9.17) is 10.5 Å². The Morgan fingerprint density at radius 3 is 2.29 bits per heavy atom.